The van der Waals surface area contributed by atoms with Crippen LogP contribution in [-0.2, 0) is 14.4 Å². The van der Waals surface area contributed by atoms with Gasteiger partial charge in [0.25, 0.3) is 6.79 Å². The summed E-state index contributed by atoms with van der Waals surface area (Å²) in [4.78, 5) is 13.5. The SMILES string of the molecule is Cc1cc(S(F)(F)(F)(F)F)cc2c1O[C@H](C(F)(F)F)C(C(=O)OCO/N=N\O)=C2. The number of carbonyl (C=O) groups excluding carboxylic acids is 1. The average molecular weight is 458 g/mol. The molecule has 164 valence electrons. The first-order valence-corrected chi connectivity index (χ1v) is 9.06. The van der Waals surface area contributed by atoms with Crippen LogP contribution in [0.2, 0.25) is 0 Å². The fourth-order valence-electron chi connectivity index (χ4n) is 2.30. The van der Waals surface area contributed by atoms with Crippen LogP contribution in [0.5, 0.6) is 5.75 Å². The van der Waals surface area contributed by atoms with Crippen molar-refractivity contribution >= 4 is 22.3 Å². The van der Waals surface area contributed by atoms with Gasteiger partial charge in [0.15, 0.2) is 0 Å². The standard InChI is InChI=1S/C13H10F8N2O5S/c1-6-2-8(29(17,18,19,20)21)3-7-4-9(12(24)26-5-27-23-22-25)11(13(14,15)16)28-10(6)7/h2-4,11H,5H2,1H3,(H,23,25)/t11-/m0/s1. The van der Waals surface area contributed by atoms with Gasteiger partial charge < -0.3 is 19.5 Å². The number of esters is 1. The number of alkyl halides is 3. The maximum absolute atomic E-state index is 13.2. The molecular formula is C13H10F8N2O5S. The van der Waals surface area contributed by atoms with E-state index >= 15 is 0 Å². The first-order valence-electron chi connectivity index (χ1n) is 7.11. The summed E-state index contributed by atoms with van der Waals surface area (Å²) in [5, 5.41) is 12.5. The molecule has 0 unspecified atom stereocenters. The molecule has 0 bridgehead atoms. The molecule has 1 aliphatic rings. The summed E-state index contributed by atoms with van der Waals surface area (Å²) in [6.07, 6.45) is -7.86. The Balaban J connectivity index is 2.56. The van der Waals surface area contributed by atoms with Crippen molar-refractivity contribution in [3.05, 3.63) is 28.8 Å². The highest BCUT2D eigenvalue weighted by Crippen LogP contribution is 3.02. The predicted molar refractivity (Wildman–Crippen MR) is 79.7 cm³/mol. The van der Waals surface area contributed by atoms with Crippen molar-refractivity contribution in [3.8, 4) is 5.75 Å². The molecule has 0 aliphatic carbocycles. The van der Waals surface area contributed by atoms with E-state index in [1.807, 2.05) is 0 Å². The molecule has 1 aromatic carbocycles. The minimum absolute atomic E-state index is 0.0429. The number of ether oxygens (including phenoxy) is 2. The Morgan fingerprint density at radius 1 is 1.24 bits per heavy atom. The van der Waals surface area contributed by atoms with Crippen LogP contribution in [0.4, 0.5) is 32.6 Å². The van der Waals surface area contributed by atoms with Crippen molar-refractivity contribution in [2.24, 2.45) is 10.6 Å². The Labute approximate surface area is 156 Å². The zero-order chi connectivity index (χ0) is 22.3. The van der Waals surface area contributed by atoms with Crippen LogP contribution in [0, 0.1) is 6.92 Å². The summed E-state index contributed by atoms with van der Waals surface area (Å²) >= 11 is 0. The van der Waals surface area contributed by atoms with Gasteiger partial charge in [0.1, 0.15) is 10.6 Å². The minimum Gasteiger partial charge on any atom is -0.475 e. The van der Waals surface area contributed by atoms with Crippen molar-refractivity contribution < 1.29 is 56.9 Å². The third-order valence-electron chi connectivity index (χ3n) is 3.42. The van der Waals surface area contributed by atoms with Crippen molar-refractivity contribution in [2.75, 3.05) is 6.79 Å². The lowest BCUT2D eigenvalue weighted by atomic mass is 9.99. The van der Waals surface area contributed by atoms with Crippen molar-refractivity contribution in [1.29, 1.82) is 0 Å². The number of halogens is 8. The van der Waals surface area contributed by atoms with Gasteiger partial charge in [-0.15, -0.1) is 0 Å². The van der Waals surface area contributed by atoms with Crippen LogP contribution in [0.25, 0.3) is 6.08 Å². The van der Waals surface area contributed by atoms with E-state index in [9.17, 15) is 37.4 Å². The lowest BCUT2D eigenvalue weighted by Crippen LogP contribution is -2.41. The summed E-state index contributed by atoms with van der Waals surface area (Å²) in [5.74, 6) is -2.51. The van der Waals surface area contributed by atoms with Gasteiger partial charge in [-0.25, -0.2) is 4.79 Å². The molecule has 0 aromatic heterocycles. The summed E-state index contributed by atoms with van der Waals surface area (Å²) < 4.78 is 114. The predicted octanol–water partition coefficient (Wildman–Crippen LogP) is 5.63. The number of rotatable bonds is 5. The zero-order valence-corrected chi connectivity index (χ0v) is 14.7. The van der Waals surface area contributed by atoms with Crippen LogP contribution < -0.4 is 4.74 Å². The van der Waals surface area contributed by atoms with Crippen LogP contribution in [0.15, 0.2) is 33.2 Å². The normalized spacial score (nSPS) is 19.5. The van der Waals surface area contributed by atoms with Crippen molar-refractivity contribution in [1.82, 2.24) is 0 Å². The summed E-state index contributed by atoms with van der Waals surface area (Å²) in [7, 11) is -10.2. The molecule has 0 amide bonds. The minimum atomic E-state index is -10.2. The van der Waals surface area contributed by atoms with Gasteiger partial charge in [0.2, 0.25) is 6.10 Å². The molecule has 29 heavy (non-hydrogen) atoms. The maximum atomic E-state index is 13.2. The van der Waals surface area contributed by atoms with E-state index in [0.717, 1.165) is 6.92 Å². The number of fused-ring (bicyclic) bond motifs is 1. The summed E-state index contributed by atoms with van der Waals surface area (Å²) in [6, 6.07) is -0.168. The number of hydrogen-bond donors (Lipinski definition) is 1. The first-order chi connectivity index (χ1) is 12.9. The third kappa shape index (κ3) is 5.18. The molecule has 1 N–H and O–H groups in total. The highest BCUT2D eigenvalue weighted by atomic mass is 32.5. The number of carbonyl (C=O) groups is 1. The lowest BCUT2D eigenvalue weighted by molar-refractivity contribution is -0.190. The molecule has 1 heterocycles. The van der Waals surface area contributed by atoms with Crippen molar-refractivity contribution in [3.63, 3.8) is 0 Å². The van der Waals surface area contributed by atoms with E-state index < -0.39 is 62.6 Å². The summed E-state index contributed by atoms with van der Waals surface area (Å²) in [5.41, 5.74) is -2.82. The zero-order valence-electron chi connectivity index (χ0n) is 13.9. The Kier molecular flexibility index (Phi) is 4.94. The molecule has 7 nitrogen and oxygen atoms in total. The number of benzene rings is 1. The lowest BCUT2D eigenvalue weighted by Gasteiger charge is -2.41. The Bertz CT molecular complexity index is 898. The van der Waals surface area contributed by atoms with E-state index in [1.165, 1.54) is 0 Å². The monoisotopic (exact) mass is 458 g/mol. The van der Waals surface area contributed by atoms with Crippen molar-refractivity contribution in [2.45, 2.75) is 24.1 Å². The van der Waals surface area contributed by atoms with Gasteiger partial charge in [-0.2, -0.15) is 13.2 Å². The molecule has 0 saturated heterocycles. The Morgan fingerprint density at radius 2 is 1.86 bits per heavy atom. The number of hydrogen-bond acceptors (Lipinski definition) is 6. The van der Waals surface area contributed by atoms with Gasteiger partial charge in [0, 0.05) is 5.56 Å². The van der Waals surface area contributed by atoms with Gasteiger partial charge in [0.05, 0.1) is 16.1 Å². The third-order valence-corrected chi connectivity index (χ3v) is 4.55. The van der Waals surface area contributed by atoms with Crippen LogP contribution in [0.1, 0.15) is 11.1 Å². The average Bonchev–Trinajstić information content (AvgIpc) is 2.54. The van der Waals surface area contributed by atoms with Gasteiger partial charge in [-0.1, -0.05) is 19.4 Å². The number of aryl methyl sites for hydroxylation is 1. The maximum Gasteiger partial charge on any atom is 0.430 e. The van der Waals surface area contributed by atoms with Gasteiger partial charge in [-0.3, -0.25) is 0 Å². The Morgan fingerprint density at radius 3 is 2.38 bits per heavy atom. The fourth-order valence-corrected chi connectivity index (χ4v) is 3.05. The molecule has 1 aromatic rings. The summed E-state index contributed by atoms with van der Waals surface area (Å²) in [6.45, 7) is -0.285. The molecule has 2 rings (SSSR count). The second-order valence-corrected chi connectivity index (χ2v) is 8.03. The molecular weight excluding hydrogens is 448 g/mol. The smallest absolute Gasteiger partial charge is 0.430 e. The van der Waals surface area contributed by atoms with E-state index in [1.54, 1.807) is 0 Å². The van der Waals surface area contributed by atoms with E-state index in [4.69, 9.17) is 5.21 Å². The molecule has 0 saturated carbocycles. The molecule has 16 heteroatoms. The quantitative estimate of drug-likeness (QED) is 0.154. The first kappa shape index (κ1) is 22.5. The highest BCUT2D eigenvalue weighted by molar-refractivity contribution is 8.45. The van der Waals surface area contributed by atoms with Crippen LogP contribution in [0.3, 0.4) is 0 Å². The van der Waals surface area contributed by atoms with Gasteiger partial charge >= 0.3 is 22.4 Å². The molecule has 0 radical (unpaired) electrons. The highest BCUT2D eigenvalue weighted by Gasteiger charge is 2.65. The molecule has 1 aliphatic heterocycles. The molecule has 0 spiro atoms. The van der Waals surface area contributed by atoms with E-state index in [-0.39, 0.29) is 12.1 Å². The van der Waals surface area contributed by atoms with E-state index in [2.05, 4.69) is 24.9 Å². The second-order valence-electron chi connectivity index (χ2n) is 5.62. The Hall–Kier alpha value is -2.78. The van der Waals surface area contributed by atoms with Crippen LogP contribution >= 0.6 is 10.2 Å². The van der Waals surface area contributed by atoms with Gasteiger partial charge in [-0.05, 0) is 30.7 Å². The second kappa shape index (κ2) is 6.36. The number of nitrogens with zero attached hydrogens (tertiary/aromatic N) is 2. The topological polar surface area (TPSA) is 89.7 Å². The largest absolute Gasteiger partial charge is 0.475 e. The van der Waals surface area contributed by atoms with Crippen LogP contribution in [-0.4, -0.2) is 30.2 Å². The van der Waals surface area contributed by atoms with E-state index in [0.29, 0.717) is 6.08 Å². The molecule has 1 atom stereocenters. The molecule has 0 fully saturated rings. The fraction of sp³-hybridized carbons (Fsp3) is 0.308.